The van der Waals surface area contributed by atoms with E-state index in [1.165, 1.54) is 43.9 Å². The molecule has 0 aliphatic rings. The number of aromatic nitrogens is 1. The number of hydrogen-bond acceptors (Lipinski definition) is 9. The van der Waals surface area contributed by atoms with Crippen molar-refractivity contribution in [2.45, 2.75) is 43.5 Å². The third-order valence-electron chi connectivity index (χ3n) is 4.60. The molecule has 170 valence electrons. The number of esters is 2. The summed E-state index contributed by atoms with van der Waals surface area (Å²) in [4.78, 5) is 28.5. The van der Waals surface area contributed by atoms with E-state index in [1.54, 1.807) is 17.5 Å². The smallest absolute Gasteiger partial charge is 0.322 e. The van der Waals surface area contributed by atoms with Crippen molar-refractivity contribution < 1.29 is 27.5 Å². The van der Waals surface area contributed by atoms with Crippen LogP contribution in [-0.4, -0.2) is 45.6 Å². The van der Waals surface area contributed by atoms with Crippen LogP contribution in [-0.2, 0) is 29.1 Å². The van der Waals surface area contributed by atoms with Gasteiger partial charge in [-0.25, -0.2) is 13.4 Å². The van der Waals surface area contributed by atoms with Gasteiger partial charge in [0.25, 0.3) is 10.0 Å². The predicted octanol–water partition coefficient (Wildman–Crippen LogP) is 3.27. The van der Waals surface area contributed by atoms with Gasteiger partial charge in [-0.3, -0.25) is 14.3 Å². The molecule has 2 N–H and O–H groups in total. The van der Waals surface area contributed by atoms with E-state index in [0.29, 0.717) is 12.1 Å². The number of hydrogen-bond donors (Lipinski definition) is 2. The van der Waals surface area contributed by atoms with Crippen molar-refractivity contribution in [3.8, 4) is 0 Å². The Kier molecular flexibility index (Phi) is 9.25. The van der Waals surface area contributed by atoms with Gasteiger partial charge in [-0.15, -0.1) is 11.3 Å². The largest absolute Gasteiger partial charge is 0.468 e. The van der Waals surface area contributed by atoms with E-state index in [-0.39, 0.29) is 10.0 Å². The summed E-state index contributed by atoms with van der Waals surface area (Å²) in [6, 6.07) is 5.46. The molecule has 0 bridgehead atoms. The number of nitrogens with zero attached hydrogens (tertiary/aromatic N) is 1. The number of thiazole rings is 1. The highest BCUT2D eigenvalue weighted by Crippen LogP contribution is 2.23. The number of carbonyl (C=O) groups excluding carboxylic acids is 2. The molecular formula is C20H27N3O6S2. The molecule has 0 fully saturated rings. The van der Waals surface area contributed by atoms with Crippen LogP contribution in [0, 0.1) is 5.92 Å². The Bertz CT molecular complexity index is 930. The number of rotatable bonds is 12. The second-order valence-electron chi connectivity index (χ2n) is 6.74. The van der Waals surface area contributed by atoms with Crippen LogP contribution in [0.3, 0.4) is 0 Å². The summed E-state index contributed by atoms with van der Waals surface area (Å²) >= 11 is 1.18. The molecule has 11 heteroatoms. The molecular weight excluding hydrogens is 442 g/mol. The average Bonchev–Trinajstić information content (AvgIpc) is 3.26. The molecule has 0 amide bonds. The van der Waals surface area contributed by atoms with Crippen LogP contribution in [0.2, 0.25) is 0 Å². The summed E-state index contributed by atoms with van der Waals surface area (Å²) < 4.78 is 37.0. The standard InChI is InChI=1S/C20H27N3O6S2/c1-4-5-6-7-16(17(18(24)28-2)19(25)29-3)22-14-8-10-15(11-9-14)31(26,27)23-20-21-12-13-30-20/h8-13,16-17,22H,4-7H2,1-3H3,(H,21,23)/t16-/m1/s1. The molecule has 0 saturated carbocycles. The lowest BCUT2D eigenvalue weighted by Gasteiger charge is -2.25. The fourth-order valence-corrected chi connectivity index (χ4v) is 4.80. The van der Waals surface area contributed by atoms with Crippen LogP contribution in [0.4, 0.5) is 10.8 Å². The van der Waals surface area contributed by atoms with Gasteiger partial charge in [0.1, 0.15) is 0 Å². The van der Waals surface area contributed by atoms with Crippen molar-refractivity contribution >= 4 is 44.1 Å². The first-order chi connectivity index (χ1) is 14.8. The summed E-state index contributed by atoms with van der Waals surface area (Å²) in [5, 5.41) is 5.11. The van der Waals surface area contributed by atoms with Crippen molar-refractivity contribution in [1.82, 2.24) is 4.98 Å². The monoisotopic (exact) mass is 469 g/mol. The molecule has 2 aromatic rings. The molecule has 0 spiro atoms. The molecule has 1 aromatic heterocycles. The van der Waals surface area contributed by atoms with Crippen molar-refractivity contribution in [3.63, 3.8) is 0 Å². The molecule has 2 rings (SSSR count). The van der Waals surface area contributed by atoms with Gasteiger partial charge in [0.15, 0.2) is 11.0 Å². The lowest BCUT2D eigenvalue weighted by atomic mass is 9.94. The average molecular weight is 470 g/mol. The number of carbonyl (C=O) groups is 2. The van der Waals surface area contributed by atoms with Crippen LogP contribution in [0.15, 0.2) is 40.7 Å². The molecule has 1 heterocycles. The lowest BCUT2D eigenvalue weighted by Crippen LogP contribution is -2.41. The normalized spacial score (nSPS) is 12.3. The third-order valence-corrected chi connectivity index (χ3v) is 6.77. The first kappa shape index (κ1) is 24.6. The number of nitrogens with one attached hydrogen (secondary N) is 2. The van der Waals surface area contributed by atoms with E-state index in [0.717, 1.165) is 19.3 Å². The summed E-state index contributed by atoms with van der Waals surface area (Å²) in [6.07, 6.45) is 4.75. The minimum absolute atomic E-state index is 0.0632. The first-order valence-corrected chi connectivity index (χ1v) is 12.1. The van der Waals surface area contributed by atoms with E-state index < -0.39 is 33.9 Å². The number of methoxy groups -OCH3 is 2. The number of sulfonamides is 1. The van der Waals surface area contributed by atoms with E-state index in [1.807, 2.05) is 0 Å². The van der Waals surface area contributed by atoms with E-state index >= 15 is 0 Å². The van der Waals surface area contributed by atoms with Gasteiger partial charge < -0.3 is 14.8 Å². The molecule has 0 radical (unpaired) electrons. The van der Waals surface area contributed by atoms with E-state index in [2.05, 4.69) is 21.9 Å². The van der Waals surface area contributed by atoms with Crippen molar-refractivity contribution in [2.24, 2.45) is 5.92 Å². The topological polar surface area (TPSA) is 124 Å². The van der Waals surface area contributed by atoms with Gasteiger partial charge in [-0.2, -0.15) is 0 Å². The van der Waals surface area contributed by atoms with E-state index in [4.69, 9.17) is 9.47 Å². The van der Waals surface area contributed by atoms with Crippen molar-refractivity contribution in [2.75, 3.05) is 24.3 Å². The Morgan fingerprint density at radius 2 is 1.74 bits per heavy atom. The lowest BCUT2D eigenvalue weighted by molar-refractivity contribution is -0.159. The minimum atomic E-state index is -3.78. The van der Waals surface area contributed by atoms with Gasteiger partial charge >= 0.3 is 11.9 Å². The van der Waals surface area contributed by atoms with Crippen LogP contribution < -0.4 is 10.0 Å². The molecule has 31 heavy (non-hydrogen) atoms. The number of ether oxygens (including phenoxy) is 2. The molecule has 1 atom stereocenters. The predicted molar refractivity (Wildman–Crippen MR) is 118 cm³/mol. The summed E-state index contributed by atoms with van der Waals surface area (Å²) in [7, 11) is -1.34. The fourth-order valence-electron chi connectivity index (χ4n) is 3.01. The van der Waals surface area contributed by atoms with Crippen LogP contribution >= 0.6 is 11.3 Å². The van der Waals surface area contributed by atoms with Gasteiger partial charge in [0.2, 0.25) is 0 Å². The van der Waals surface area contributed by atoms with Crippen LogP contribution in [0.25, 0.3) is 0 Å². The minimum Gasteiger partial charge on any atom is -0.468 e. The van der Waals surface area contributed by atoms with Gasteiger partial charge in [-0.1, -0.05) is 26.2 Å². The van der Waals surface area contributed by atoms with Crippen molar-refractivity contribution in [3.05, 3.63) is 35.8 Å². The Morgan fingerprint density at radius 3 is 2.26 bits per heavy atom. The quantitative estimate of drug-likeness (QED) is 0.276. The highest BCUT2D eigenvalue weighted by molar-refractivity contribution is 7.93. The molecule has 9 nitrogen and oxygen atoms in total. The van der Waals surface area contributed by atoms with Crippen LogP contribution in [0.5, 0.6) is 0 Å². The fraction of sp³-hybridized carbons (Fsp3) is 0.450. The maximum atomic E-state index is 12.5. The number of unbranched alkanes of at least 4 members (excludes halogenated alkanes) is 2. The summed E-state index contributed by atoms with van der Waals surface area (Å²) in [5.74, 6) is -2.51. The van der Waals surface area contributed by atoms with Crippen molar-refractivity contribution in [1.29, 1.82) is 0 Å². The first-order valence-electron chi connectivity index (χ1n) is 9.77. The van der Waals surface area contributed by atoms with Crippen LogP contribution in [0.1, 0.15) is 32.6 Å². The Morgan fingerprint density at radius 1 is 1.10 bits per heavy atom. The zero-order chi connectivity index (χ0) is 22.9. The molecule has 0 aliphatic heterocycles. The molecule has 0 saturated heterocycles. The second-order valence-corrected chi connectivity index (χ2v) is 9.31. The Labute approximate surface area is 186 Å². The number of anilines is 2. The third kappa shape index (κ3) is 6.93. The highest BCUT2D eigenvalue weighted by Gasteiger charge is 2.36. The zero-order valence-electron chi connectivity index (χ0n) is 17.7. The van der Waals surface area contributed by atoms with Gasteiger partial charge in [-0.05, 0) is 30.7 Å². The highest BCUT2D eigenvalue weighted by atomic mass is 32.2. The van der Waals surface area contributed by atoms with Gasteiger partial charge in [0, 0.05) is 17.3 Å². The van der Waals surface area contributed by atoms with Gasteiger partial charge in [0.05, 0.1) is 25.2 Å². The maximum absolute atomic E-state index is 12.5. The summed E-state index contributed by atoms with van der Waals surface area (Å²) in [5.41, 5.74) is 0.563. The molecule has 1 aromatic carbocycles. The second kappa shape index (κ2) is 11.7. The zero-order valence-corrected chi connectivity index (χ0v) is 19.3. The SMILES string of the molecule is CCCCC[C@@H](Nc1ccc(S(=O)(=O)Nc2nccs2)cc1)C(C(=O)OC)C(=O)OC. The Balaban J connectivity index is 2.21. The summed E-state index contributed by atoms with van der Waals surface area (Å²) in [6.45, 7) is 2.06. The maximum Gasteiger partial charge on any atom is 0.322 e. The molecule has 0 aliphatic carbocycles. The molecule has 0 unspecified atom stereocenters. The number of benzene rings is 1. The van der Waals surface area contributed by atoms with E-state index in [9.17, 15) is 18.0 Å². The Hall–Kier alpha value is -2.66.